The van der Waals surface area contributed by atoms with Crippen LogP contribution in [0.1, 0.15) is 26.7 Å². The topological polar surface area (TPSA) is 12.0 Å². The van der Waals surface area contributed by atoms with E-state index in [9.17, 15) is 0 Å². The van der Waals surface area contributed by atoms with Crippen molar-refractivity contribution >= 4 is 0 Å². The lowest BCUT2D eigenvalue weighted by Gasteiger charge is -2.28. The highest BCUT2D eigenvalue weighted by molar-refractivity contribution is 4.73. The molecule has 1 nitrogen and oxygen atoms in total. The average molecular weight is 127 g/mol. The van der Waals surface area contributed by atoms with Crippen molar-refractivity contribution in [3.05, 3.63) is 0 Å². The number of nitrogens with one attached hydrogen (secondary N) is 1. The first kappa shape index (κ1) is 7.07. The second-order valence-corrected chi connectivity index (χ2v) is 3.14. The van der Waals surface area contributed by atoms with Gasteiger partial charge in [0.15, 0.2) is 0 Å². The molecule has 0 unspecified atom stereocenters. The van der Waals surface area contributed by atoms with Gasteiger partial charge in [0.25, 0.3) is 0 Å². The molecule has 9 heavy (non-hydrogen) atoms. The minimum Gasteiger partial charge on any atom is -0.316 e. The second kappa shape index (κ2) is 3.21. The summed E-state index contributed by atoms with van der Waals surface area (Å²) < 4.78 is 0. The highest BCUT2D eigenvalue weighted by Gasteiger charge is 2.18. The maximum Gasteiger partial charge on any atom is -0.00181 e. The highest BCUT2D eigenvalue weighted by Crippen LogP contribution is 2.20. The lowest BCUT2D eigenvalue weighted by molar-refractivity contribution is 0.267. The fourth-order valence-corrected chi connectivity index (χ4v) is 1.60. The Bertz CT molecular complexity index is 80.6. The van der Waals surface area contributed by atoms with Gasteiger partial charge >= 0.3 is 0 Å². The molecule has 0 saturated carbocycles. The monoisotopic (exact) mass is 127 g/mol. The average Bonchev–Trinajstić information content (AvgIpc) is 1.89. The molecule has 54 valence electrons. The molecule has 1 saturated heterocycles. The van der Waals surface area contributed by atoms with Crippen molar-refractivity contribution in [2.24, 2.45) is 11.8 Å². The van der Waals surface area contributed by atoms with Gasteiger partial charge in [-0.25, -0.2) is 0 Å². The van der Waals surface area contributed by atoms with Crippen LogP contribution in [-0.4, -0.2) is 13.1 Å². The Kier molecular flexibility index (Phi) is 2.52. The SMILES string of the molecule is CC[C@@H]1CNCC[C@@H]1C. The summed E-state index contributed by atoms with van der Waals surface area (Å²) in [5.41, 5.74) is 0. The summed E-state index contributed by atoms with van der Waals surface area (Å²) >= 11 is 0. The fourth-order valence-electron chi connectivity index (χ4n) is 1.60. The van der Waals surface area contributed by atoms with Gasteiger partial charge in [-0.15, -0.1) is 0 Å². The van der Waals surface area contributed by atoms with Gasteiger partial charge in [-0.1, -0.05) is 20.3 Å². The van der Waals surface area contributed by atoms with Crippen molar-refractivity contribution in [2.75, 3.05) is 13.1 Å². The Hall–Kier alpha value is -0.0400. The molecular formula is C8H17N. The summed E-state index contributed by atoms with van der Waals surface area (Å²) in [6, 6.07) is 0. The van der Waals surface area contributed by atoms with E-state index in [2.05, 4.69) is 19.2 Å². The van der Waals surface area contributed by atoms with E-state index in [-0.39, 0.29) is 0 Å². The minimum atomic E-state index is 0.943. The maximum atomic E-state index is 3.42. The highest BCUT2D eigenvalue weighted by atomic mass is 14.9. The van der Waals surface area contributed by atoms with Crippen LogP contribution in [0.5, 0.6) is 0 Å². The Morgan fingerprint density at radius 1 is 1.56 bits per heavy atom. The van der Waals surface area contributed by atoms with E-state index in [0.717, 1.165) is 11.8 Å². The van der Waals surface area contributed by atoms with Gasteiger partial charge in [0.2, 0.25) is 0 Å². The van der Waals surface area contributed by atoms with Gasteiger partial charge in [-0.3, -0.25) is 0 Å². The van der Waals surface area contributed by atoms with Crippen molar-refractivity contribution in [2.45, 2.75) is 26.7 Å². The Morgan fingerprint density at radius 2 is 2.33 bits per heavy atom. The van der Waals surface area contributed by atoms with Crippen molar-refractivity contribution < 1.29 is 0 Å². The zero-order chi connectivity index (χ0) is 6.69. The first-order valence-electron chi connectivity index (χ1n) is 4.05. The van der Waals surface area contributed by atoms with Crippen LogP contribution < -0.4 is 5.32 Å². The molecule has 1 fully saturated rings. The summed E-state index contributed by atoms with van der Waals surface area (Å²) in [5, 5.41) is 3.42. The minimum absolute atomic E-state index is 0.943. The quantitative estimate of drug-likeness (QED) is 0.564. The normalized spacial score (nSPS) is 36.7. The molecule has 1 rings (SSSR count). The van der Waals surface area contributed by atoms with Crippen molar-refractivity contribution in [1.82, 2.24) is 5.32 Å². The number of hydrogen-bond acceptors (Lipinski definition) is 1. The molecule has 0 aromatic carbocycles. The summed E-state index contributed by atoms with van der Waals surface area (Å²) in [4.78, 5) is 0. The van der Waals surface area contributed by atoms with Crippen LogP contribution in [0.15, 0.2) is 0 Å². The lowest BCUT2D eigenvalue weighted by Crippen LogP contribution is -2.34. The van der Waals surface area contributed by atoms with E-state index in [0.29, 0.717) is 0 Å². The maximum absolute atomic E-state index is 3.42. The van der Waals surface area contributed by atoms with Gasteiger partial charge in [-0.05, 0) is 31.3 Å². The van der Waals surface area contributed by atoms with Gasteiger partial charge in [0.05, 0.1) is 0 Å². The molecule has 0 amide bonds. The third-order valence-corrected chi connectivity index (χ3v) is 2.51. The van der Waals surface area contributed by atoms with E-state index in [4.69, 9.17) is 0 Å². The zero-order valence-electron chi connectivity index (χ0n) is 6.48. The molecule has 1 aliphatic heterocycles. The molecule has 1 heterocycles. The van der Waals surface area contributed by atoms with Crippen LogP contribution in [0.2, 0.25) is 0 Å². The van der Waals surface area contributed by atoms with E-state index in [1.54, 1.807) is 0 Å². The van der Waals surface area contributed by atoms with Crippen LogP contribution in [0, 0.1) is 11.8 Å². The molecule has 2 atom stereocenters. The third kappa shape index (κ3) is 1.68. The van der Waals surface area contributed by atoms with Crippen LogP contribution in [0.3, 0.4) is 0 Å². The van der Waals surface area contributed by atoms with Crippen molar-refractivity contribution in [3.63, 3.8) is 0 Å². The van der Waals surface area contributed by atoms with E-state index < -0.39 is 0 Å². The van der Waals surface area contributed by atoms with Gasteiger partial charge in [0, 0.05) is 0 Å². The first-order valence-corrected chi connectivity index (χ1v) is 4.05. The molecule has 0 radical (unpaired) electrons. The van der Waals surface area contributed by atoms with E-state index in [1.165, 1.54) is 25.9 Å². The zero-order valence-corrected chi connectivity index (χ0v) is 6.48. The number of hydrogen-bond donors (Lipinski definition) is 1. The molecular weight excluding hydrogens is 110 g/mol. The molecule has 1 heteroatoms. The van der Waals surface area contributed by atoms with Crippen LogP contribution in [0.25, 0.3) is 0 Å². The first-order chi connectivity index (χ1) is 4.34. The summed E-state index contributed by atoms with van der Waals surface area (Å²) in [7, 11) is 0. The predicted molar refractivity (Wildman–Crippen MR) is 40.4 cm³/mol. The summed E-state index contributed by atoms with van der Waals surface area (Å²) in [6.07, 6.45) is 2.71. The van der Waals surface area contributed by atoms with Crippen LogP contribution >= 0.6 is 0 Å². The van der Waals surface area contributed by atoms with E-state index in [1.807, 2.05) is 0 Å². The fraction of sp³-hybridized carbons (Fsp3) is 1.00. The molecule has 0 bridgehead atoms. The Labute approximate surface area is 57.8 Å². The predicted octanol–water partition coefficient (Wildman–Crippen LogP) is 1.64. The number of piperidine rings is 1. The molecule has 0 spiro atoms. The number of rotatable bonds is 1. The van der Waals surface area contributed by atoms with E-state index >= 15 is 0 Å². The van der Waals surface area contributed by atoms with Crippen LogP contribution in [0.4, 0.5) is 0 Å². The van der Waals surface area contributed by atoms with Crippen molar-refractivity contribution in [3.8, 4) is 0 Å². The Balaban J connectivity index is 2.30. The van der Waals surface area contributed by atoms with Gasteiger partial charge < -0.3 is 5.32 Å². The largest absolute Gasteiger partial charge is 0.316 e. The smallest absolute Gasteiger partial charge is 0.00181 e. The van der Waals surface area contributed by atoms with Crippen molar-refractivity contribution in [1.29, 1.82) is 0 Å². The van der Waals surface area contributed by atoms with Crippen LogP contribution in [-0.2, 0) is 0 Å². The summed E-state index contributed by atoms with van der Waals surface area (Å²) in [6.45, 7) is 7.14. The molecule has 0 aromatic heterocycles. The summed E-state index contributed by atoms with van der Waals surface area (Å²) in [5.74, 6) is 1.90. The second-order valence-electron chi connectivity index (χ2n) is 3.14. The Morgan fingerprint density at radius 3 is 2.78 bits per heavy atom. The molecule has 1 N–H and O–H groups in total. The third-order valence-electron chi connectivity index (χ3n) is 2.51. The molecule has 1 aliphatic rings. The van der Waals surface area contributed by atoms with Gasteiger partial charge in [0.1, 0.15) is 0 Å². The van der Waals surface area contributed by atoms with Gasteiger partial charge in [-0.2, -0.15) is 0 Å². The standard InChI is InChI=1S/C8H17N/c1-3-8-6-9-5-4-7(8)2/h7-9H,3-6H2,1-2H3/t7-,8+/m0/s1. The molecule has 0 aliphatic carbocycles. The lowest BCUT2D eigenvalue weighted by atomic mass is 9.86. The molecule has 0 aromatic rings.